The summed E-state index contributed by atoms with van der Waals surface area (Å²) in [6.45, 7) is 8.59. The van der Waals surface area contributed by atoms with Crippen LogP contribution in [0.4, 0.5) is 4.79 Å². The van der Waals surface area contributed by atoms with Crippen LogP contribution in [0.1, 0.15) is 46.6 Å². The summed E-state index contributed by atoms with van der Waals surface area (Å²) in [5.41, 5.74) is 5.76. The van der Waals surface area contributed by atoms with E-state index in [4.69, 9.17) is 19.9 Å². The Balaban J connectivity index is 2.54. The van der Waals surface area contributed by atoms with Gasteiger partial charge < -0.3 is 30.2 Å². The molecule has 4 N–H and O–H groups in total. The molecule has 0 heterocycles. The first-order chi connectivity index (χ1) is 12.4. The average Bonchev–Trinajstić information content (AvgIpc) is 2.57. The summed E-state index contributed by atoms with van der Waals surface area (Å²) >= 11 is 0. The molecule has 0 spiro atoms. The van der Waals surface area contributed by atoms with Crippen molar-refractivity contribution >= 4 is 12.1 Å². The minimum Gasteiger partial charge on any atom is -0.504 e. The van der Waals surface area contributed by atoms with E-state index in [2.05, 4.69) is 0 Å². The van der Waals surface area contributed by atoms with Crippen molar-refractivity contribution in [3.05, 3.63) is 23.8 Å². The van der Waals surface area contributed by atoms with E-state index < -0.39 is 36.0 Å². The van der Waals surface area contributed by atoms with Gasteiger partial charge in [-0.3, -0.25) is 4.79 Å². The third kappa shape index (κ3) is 7.34. The second-order valence-electron chi connectivity index (χ2n) is 7.06. The van der Waals surface area contributed by atoms with Crippen LogP contribution in [0.25, 0.3) is 0 Å². The van der Waals surface area contributed by atoms with Crippen molar-refractivity contribution in [2.75, 3.05) is 0 Å². The molecule has 3 atom stereocenters. The van der Waals surface area contributed by atoms with Crippen LogP contribution in [0.15, 0.2) is 18.2 Å². The van der Waals surface area contributed by atoms with E-state index in [1.54, 1.807) is 33.8 Å². The Labute approximate surface area is 159 Å². The van der Waals surface area contributed by atoms with Gasteiger partial charge in [-0.1, -0.05) is 13.0 Å². The Morgan fingerprint density at radius 1 is 1.11 bits per heavy atom. The maximum Gasteiger partial charge on any atom is 0.509 e. The van der Waals surface area contributed by atoms with Crippen molar-refractivity contribution < 1.29 is 34.0 Å². The van der Waals surface area contributed by atoms with Crippen molar-refractivity contribution in [2.45, 2.75) is 71.3 Å². The summed E-state index contributed by atoms with van der Waals surface area (Å²) in [6, 6.07) is 3.20. The summed E-state index contributed by atoms with van der Waals surface area (Å²) in [7, 11) is 0. The van der Waals surface area contributed by atoms with Crippen LogP contribution in [-0.4, -0.2) is 46.2 Å². The van der Waals surface area contributed by atoms with Gasteiger partial charge in [0, 0.05) is 0 Å². The van der Waals surface area contributed by atoms with E-state index in [1.165, 1.54) is 12.1 Å². The predicted octanol–water partition coefficient (Wildman–Crippen LogP) is 2.63. The lowest BCUT2D eigenvalue weighted by atomic mass is 10.1. The molecule has 0 aliphatic rings. The van der Waals surface area contributed by atoms with Gasteiger partial charge in [0.1, 0.15) is 23.9 Å². The molecule has 0 saturated carbocycles. The lowest BCUT2D eigenvalue weighted by Crippen LogP contribution is -2.40. The highest BCUT2D eigenvalue weighted by molar-refractivity contribution is 5.76. The number of benzene rings is 1. The lowest BCUT2D eigenvalue weighted by Gasteiger charge is -2.26. The second-order valence-corrected chi connectivity index (χ2v) is 7.06. The fourth-order valence-electron chi connectivity index (χ4n) is 1.97. The first-order valence-corrected chi connectivity index (χ1v) is 8.81. The average molecular weight is 383 g/mol. The zero-order valence-corrected chi connectivity index (χ0v) is 16.4. The highest BCUT2D eigenvalue weighted by Crippen LogP contribution is 2.25. The monoisotopic (exact) mass is 383 g/mol. The molecule has 8 heteroatoms. The van der Waals surface area contributed by atoms with Gasteiger partial charge in [-0.15, -0.1) is 0 Å². The molecule has 1 aromatic rings. The van der Waals surface area contributed by atoms with Crippen LogP contribution in [0.2, 0.25) is 0 Å². The van der Waals surface area contributed by atoms with E-state index in [0.717, 1.165) is 0 Å². The molecule has 0 aromatic heterocycles. The normalized spacial score (nSPS) is 14.7. The molecule has 0 aliphatic heterocycles. The zero-order valence-electron chi connectivity index (χ0n) is 16.4. The molecule has 27 heavy (non-hydrogen) atoms. The number of ether oxygens (including phenoxy) is 3. The highest BCUT2D eigenvalue weighted by atomic mass is 16.7. The third-order valence-corrected chi connectivity index (χ3v) is 4.25. The van der Waals surface area contributed by atoms with Crippen molar-refractivity contribution in [2.24, 2.45) is 5.73 Å². The molecule has 1 rings (SSSR count). The lowest BCUT2D eigenvalue weighted by molar-refractivity contribution is -0.156. The minimum absolute atomic E-state index is 0.112. The van der Waals surface area contributed by atoms with E-state index in [-0.39, 0.29) is 17.9 Å². The maximum absolute atomic E-state index is 12.1. The smallest absolute Gasteiger partial charge is 0.504 e. The summed E-state index contributed by atoms with van der Waals surface area (Å²) in [5, 5.41) is 18.8. The molecular weight excluding hydrogens is 354 g/mol. The van der Waals surface area contributed by atoms with Gasteiger partial charge in [0.25, 0.3) is 0 Å². The number of nitrogens with two attached hydrogens (primary N) is 1. The molecule has 8 nitrogen and oxygen atoms in total. The van der Waals surface area contributed by atoms with Crippen LogP contribution in [0.3, 0.4) is 0 Å². The van der Waals surface area contributed by atoms with Crippen LogP contribution in [0.5, 0.6) is 11.5 Å². The number of carbonyl (C=O) groups excluding carboxylic acids is 2. The Hall–Kier alpha value is -2.48. The standard InChI is InChI=1S/C19H29NO7/c1-6-19(4,5)27-18(24)26-12(3)11(2)25-17(23)14(20)9-13-7-8-15(21)16(22)10-13/h7-8,10-12,14,21-22H,6,9,20H2,1-5H3/t11-,12+,14-/m0/s1. The molecule has 0 aliphatic carbocycles. The fourth-order valence-corrected chi connectivity index (χ4v) is 1.97. The molecule has 0 fully saturated rings. The number of phenols is 2. The van der Waals surface area contributed by atoms with Gasteiger partial charge in [0.15, 0.2) is 11.5 Å². The Morgan fingerprint density at radius 2 is 1.70 bits per heavy atom. The first kappa shape index (κ1) is 22.6. The van der Waals surface area contributed by atoms with Crippen LogP contribution >= 0.6 is 0 Å². The minimum atomic E-state index is -0.977. The Kier molecular flexibility index (Phi) is 7.90. The number of hydrogen-bond donors (Lipinski definition) is 3. The van der Waals surface area contributed by atoms with Gasteiger partial charge in [0.2, 0.25) is 0 Å². The van der Waals surface area contributed by atoms with Crippen molar-refractivity contribution in [3.63, 3.8) is 0 Å². The number of esters is 1. The Bertz CT molecular complexity index is 659. The quantitative estimate of drug-likeness (QED) is 0.462. The predicted molar refractivity (Wildman–Crippen MR) is 98.4 cm³/mol. The molecule has 0 saturated heterocycles. The SMILES string of the molecule is CCC(C)(C)OC(=O)O[C@H](C)[C@H](C)OC(=O)[C@@H](N)Cc1ccc(O)c(O)c1. The molecule has 0 amide bonds. The van der Waals surface area contributed by atoms with Gasteiger partial charge in [-0.25, -0.2) is 4.79 Å². The van der Waals surface area contributed by atoms with E-state index in [0.29, 0.717) is 12.0 Å². The molecule has 0 radical (unpaired) electrons. The van der Waals surface area contributed by atoms with E-state index >= 15 is 0 Å². The molecule has 1 aromatic carbocycles. The molecule has 152 valence electrons. The van der Waals surface area contributed by atoms with Crippen LogP contribution in [0, 0.1) is 0 Å². The van der Waals surface area contributed by atoms with Gasteiger partial charge in [-0.05, 0) is 58.2 Å². The topological polar surface area (TPSA) is 128 Å². The Morgan fingerprint density at radius 3 is 2.26 bits per heavy atom. The summed E-state index contributed by atoms with van der Waals surface area (Å²) in [6.07, 6.45) is -1.54. The van der Waals surface area contributed by atoms with Gasteiger partial charge >= 0.3 is 12.1 Å². The summed E-state index contributed by atoms with van der Waals surface area (Å²) < 4.78 is 15.6. The first-order valence-electron chi connectivity index (χ1n) is 8.81. The largest absolute Gasteiger partial charge is 0.509 e. The highest BCUT2D eigenvalue weighted by Gasteiger charge is 2.27. The van der Waals surface area contributed by atoms with Gasteiger partial charge in [-0.2, -0.15) is 0 Å². The number of hydrogen-bond acceptors (Lipinski definition) is 8. The molecular formula is C19H29NO7. The van der Waals surface area contributed by atoms with Crippen LogP contribution in [-0.2, 0) is 25.4 Å². The number of carbonyl (C=O) groups is 2. The maximum atomic E-state index is 12.1. The zero-order chi connectivity index (χ0) is 20.8. The van der Waals surface area contributed by atoms with Crippen LogP contribution < -0.4 is 5.73 Å². The van der Waals surface area contributed by atoms with Gasteiger partial charge in [0.05, 0.1) is 0 Å². The number of aromatic hydroxyl groups is 2. The van der Waals surface area contributed by atoms with Crippen molar-refractivity contribution in [3.8, 4) is 11.5 Å². The molecule has 0 unspecified atom stereocenters. The number of rotatable bonds is 8. The van der Waals surface area contributed by atoms with Crippen molar-refractivity contribution in [1.29, 1.82) is 0 Å². The summed E-state index contributed by atoms with van der Waals surface area (Å²) in [4.78, 5) is 23.9. The number of phenolic OH excluding ortho intramolecular Hbond substituents is 2. The van der Waals surface area contributed by atoms with E-state index in [9.17, 15) is 19.8 Å². The van der Waals surface area contributed by atoms with E-state index in [1.807, 2.05) is 6.92 Å². The molecule has 0 bridgehead atoms. The third-order valence-electron chi connectivity index (χ3n) is 4.25. The second kappa shape index (κ2) is 9.45. The summed E-state index contributed by atoms with van der Waals surface area (Å²) in [5.74, 6) is -1.22. The fraction of sp³-hybridized carbons (Fsp3) is 0.579. The van der Waals surface area contributed by atoms with Crippen molar-refractivity contribution in [1.82, 2.24) is 0 Å².